The number of piperidine rings is 1. The van der Waals surface area contributed by atoms with Crippen molar-refractivity contribution >= 4 is 41.4 Å². The third-order valence-electron chi connectivity index (χ3n) is 7.63. The Labute approximate surface area is 257 Å². The van der Waals surface area contributed by atoms with Crippen molar-refractivity contribution in [2.75, 3.05) is 31.1 Å². The number of hydrogen-bond donors (Lipinski definition) is 1. The van der Waals surface area contributed by atoms with Crippen molar-refractivity contribution in [3.8, 4) is 0 Å². The second kappa shape index (κ2) is 16.3. The van der Waals surface area contributed by atoms with Gasteiger partial charge in [-0.3, -0.25) is 14.5 Å². The number of nitrogens with two attached hydrogens (primary N) is 1. The molecule has 0 spiro atoms. The van der Waals surface area contributed by atoms with Gasteiger partial charge in [0.05, 0.1) is 24.1 Å². The van der Waals surface area contributed by atoms with Gasteiger partial charge in [-0.2, -0.15) is 0 Å². The molecule has 0 aromatic heterocycles. The zero-order valence-electron chi connectivity index (χ0n) is 24.7. The molecule has 1 fully saturated rings. The van der Waals surface area contributed by atoms with Gasteiger partial charge >= 0.3 is 18.0 Å². The molecule has 0 saturated carbocycles. The van der Waals surface area contributed by atoms with E-state index >= 15 is 0 Å². The van der Waals surface area contributed by atoms with E-state index in [9.17, 15) is 19.2 Å². The summed E-state index contributed by atoms with van der Waals surface area (Å²) in [7, 11) is 0. The minimum Gasteiger partial charge on any atom is -0.463 e. The van der Waals surface area contributed by atoms with E-state index in [-0.39, 0.29) is 38.2 Å². The van der Waals surface area contributed by atoms with Gasteiger partial charge < -0.3 is 24.8 Å². The Hall–Kier alpha value is -3.57. The van der Waals surface area contributed by atoms with E-state index in [0.29, 0.717) is 37.5 Å². The van der Waals surface area contributed by atoms with Crippen LogP contribution in [0, 0.1) is 5.92 Å². The molecule has 0 aliphatic carbocycles. The molecule has 2 N–H and O–H groups in total. The number of hydrogen-bond acceptors (Lipinski definition) is 9. The number of anilines is 1. The van der Waals surface area contributed by atoms with Crippen LogP contribution in [0.4, 0.5) is 10.5 Å². The summed E-state index contributed by atoms with van der Waals surface area (Å²) in [5.74, 6) is -1.06. The van der Waals surface area contributed by atoms with Crippen LogP contribution in [0.1, 0.15) is 57.4 Å². The Morgan fingerprint density at radius 2 is 1.72 bits per heavy atom. The number of likely N-dealkylation sites (tertiary alicyclic amines) is 1. The van der Waals surface area contributed by atoms with Crippen molar-refractivity contribution in [1.82, 2.24) is 4.90 Å². The predicted molar refractivity (Wildman–Crippen MR) is 163 cm³/mol. The van der Waals surface area contributed by atoms with Crippen LogP contribution in [0.15, 0.2) is 59.5 Å². The summed E-state index contributed by atoms with van der Waals surface area (Å²) in [5, 5.41) is -0.414. The summed E-state index contributed by atoms with van der Waals surface area (Å²) >= 11 is 1.38. The first kappa shape index (κ1) is 32.3. The number of thioether (sulfide) groups is 1. The Balaban J connectivity index is 1.21. The lowest BCUT2D eigenvalue weighted by Gasteiger charge is -2.31. The maximum Gasteiger partial charge on any atom is 0.410 e. The summed E-state index contributed by atoms with van der Waals surface area (Å²) in [4.78, 5) is 54.8. The van der Waals surface area contributed by atoms with Crippen LogP contribution in [0.3, 0.4) is 0 Å². The van der Waals surface area contributed by atoms with Crippen LogP contribution in [-0.2, 0) is 35.2 Å². The van der Waals surface area contributed by atoms with Crippen LogP contribution in [-0.4, -0.2) is 66.6 Å². The number of carbonyl (C=O) groups excluding carboxylic acids is 4. The molecule has 2 atom stereocenters. The van der Waals surface area contributed by atoms with E-state index in [4.69, 9.17) is 19.9 Å². The predicted octanol–water partition coefficient (Wildman–Crippen LogP) is 4.88. The summed E-state index contributed by atoms with van der Waals surface area (Å²) in [6.07, 6.45) is 3.36. The quantitative estimate of drug-likeness (QED) is 0.203. The Bertz CT molecular complexity index is 1240. The number of unbranched alkanes of at least 4 members (excludes halogenated alkanes) is 1. The van der Waals surface area contributed by atoms with Gasteiger partial charge in [0, 0.05) is 18.0 Å². The number of carbonyl (C=O) groups is 4. The fourth-order valence-electron chi connectivity index (χ4n) is 5.34. The largest absolute Gasteiger partial charge is 0.463 e. The smallest absolute Gasteiger partial charge is 0.410 e. The summed E-state index contributed by atoms with van der Waals surface area (Å²) in [5.41, 5.74) is 7.64. The molecule has 10 nitrogen and oxygen atoms in total. The molecule has 11 heteroatoms. The number of rotatable bonds is 12. The average molecular weight is 612 g/mol. The lowest BCUT2D eigenvalue weighted by atomic mass is 9.91. The maximum atomic E-state index is 13.0. The van der Waals surface area contributed by atoms with Crippen molar-refractivity contribution in [1.29, 1.82) is 0 Å². The highest BCUT2D eigenvalue weighted by Crippen LogP contribution is 2.36. The Morgan fingerprint density at radius 3 is 2.47 bits per heavy atom. The molecular weight excluding hydrogens is 570 g/mol. The van der Waals surface area contributed by atoms with Gasteiger partial charge in [-0.05, 0) is 56.2 Å². The van der Waals surface area contributed by atoms with Crippen molar-refractivity contribution in [3.63, 3.8) is 0 Å². The highest BCUT2D eigenvalue weighted by atomic mass is 32.2. The third-order valence-corrected chi connectivity index (χ3v) is 8.70. The minimum atomic E-state index is -1.04. The number of benzene rings is 2. The molecule has 2 aromatic rings. The van der Waals surface area contributed by atoms with E-state index < -0.39 is 23.4 Å². The molecule has 4 rings (SSSR count). The molecule has 0 bridgehead atoms. The second-order valence-electron chi connectivity index (χ2n) is 10.8. The summed E-state index contributed by atoms with van der Waals surface area (Å²) < 4.78 is 16.2. The molecule has 2 aliphatic rings. The number of ether oxygens (including phenoxy) is 3. The molecule has 2 amide bonds. The van der Waals surface area contributed by atoms with E-state index in [1.54, 1.807) is 24.0 Å². The summed E-state index contributed by atoms with van der Waals surface area (Å²) in [6, 6.07) is 16.9. The van der Waals surface area contributed by atoms with Gasteiger partial charge in [-0.25, -0.2) is 9.59 Å². The molecule has 0 unspecified atom stereocenters. The van der Waals surface area contributed by atoms with Gasteiger partial charge in [-0.1, -0.05) is 55.3 Å². The molecule has 2 aliphatic heterocycles. The number of nitrogens with zero attached hydrogens (tertiary/aromatic N) is 2. The average Bonchev–Trinajstić information content (AvgIpc) is 3.12. The summed E-state index contributed by atoms with van der Waals surface area (Å²) in [6.45, 7) is 3.14. The number of para-hydroxylation sites is 1. The second-order valence-corrected chi connectivity index (χ2v) is 12.1. The number of fused-ring (bicyclic) bond motifs is 1. The Morgan fingerprint density at radius 1 is 1.00 bits per heavy atom. The normalized spacial score (nSPS) is 17.9. The van der Waals surface area contributed by atoms with E-state index in [0.717, 1.165) is 36.1 Å². The Kier molecular flexibility index (Phi) is 12.3. The molecule has 232 valence electrons. The number of amides is 2. The zero-order valence-corrected chi connectivity index (χ0v) is 25.5. The molecule has 1 saturated heterocycles. The molecular formula is C32H41N3O7S. The van der Waals surface area contributed by atoms with Crippen molar-refractivity contribution in [3.05, 3.63) is 60.2 Å². The van der Waals surface area contributed by atoms with Gasteiger partial charge in [0.1, 0.15) is 13.2 Å². The van der Waals surface area contributed by atoms with Crippen molar-refractivity contribution in [2.24, 2.45) is 11.7 Å². The van der Waals surface area contributed by atoms with Crippen LogP contribution < -0.4 is 10.6 Å². The van der Waals surface area contributed by atoms with Crippen LogP contribution >= 0.6 is 11.8 Å². The van der Waals surface area contributed by atoms with Crippen molar-refractivity contribution in [2.45, 2.75) is 74.8 Å². The SMILES string of the molecule is CCOC(=O)[C@H](CCCCC1CCN(C(=O)OCc2ccccc2)CC1)OC(=O)CN1C(=O)C[C@H](N)Sc2ccccc21. The first-order valence-corrected chi connectivity index (χ1v) is 15.8. The zero-order chi connectivity index (χ0) is 30.6. The topological polar surface area (TPSA) is 128 Å². The maximum absolute atomic E-state index is 13.0. The van der Waals surface area contributed by atoms with Crippen molar-refractivity contribution < 1.29 is 33.4 Å². The standard InChI is InChI=1S/C32H41N3O7S/c1-2-40-31(38)26(42-30(37)21-35-25-13-7-9-15-27(25)43-28(33)20-29(35)36)14-8-6-10-23-16-18-34(19-17-23)32(39)41-22-24-11-4-3-5-12-24/h3-5,7,9,11-13,15,23,26,28H,2,6,8,10,14,16-22,33H2,1H3/t26-,28+/m0/s1. The lowest BCUT2D eigenvalue weighted by molar-refractivity contribution is -0.167. The van der Waals surface area contributed by atoms with Crippen LogP contribution in [0.25, 0.3) is 0 Å². The van der Waals surface area contributed by atoms with Gasteiger partial charge in [0.15, 0.2) is 6.10 Å². The molecule has 2 heterocycles. The third kappa shape index (κ3) is 9.72. The van der Waals surface area contributed by atoms with Crippen LogP contribution in [0.2, 0.25) is 0 Å². The molecule has 2 aromatic carbocycles. The van der Waals surface area contributed by atoms with Gasteiger partial charge in [0.2, 0.25) is 5.91 Å². The first-order valence-electron chi connectivity index (χ1n) is 15.0. The van der Waals surface area contributed by atoms with Crippen LogP contribution in [0.5, 0.6) is 0 Å². The van der Waals surface area contributed by atoms with E-state index in [1.807, 2.05) is 42.5 Å². The molecule has 0 radical (unpaired) electrons. The minimum absolute atomic E-state index is 0.0851. The lowest BCUT2D eigenvalue weighted by Crippen LogP contribution is -2.40. The highest BCUT2D eigenvalue weighted by molar-refractivity contribution is 8.00. The fraction of sp³-hybridized carbons (Fsp3) is 0.500. The monoisotopic (exact) mass is 611 g/mol. The van der Waals surface area contributed by atoms with E-state index in [1.165, 1.54) is 16.7 Å². The highest BCUT2D eigenvalue weighted by Gasteiger charge is 2.31. The van der Waals surface area contributed by atoms with Gasteiger partial charge in [-0.15, -0.1) is 11.8 Å². The first-order chi connectivity index (χ1) is 20.8. The van der Waals surface area contributed by atoms with Gasteiger partial charge in [0.25, 0.3) is 0 Å². The van der Waals surface area contributed by atoms with E-state index in [2.05, 4.69) is 0 Å². The molecule has 43 heavy (non-hydrogen) atoms. The fourth-order valence-corrected chi connectivity index (χ4v) is 6.35. The number of esters is 2.